The first-order chi connectivity index (χ1) is 5.80. The van der Waals surface area contributed by atoms with Crippen molar-refractivity contribution in [2.24, 2.45) is 5.41 Å². The monoisotopic (exact) mass is 192 g/mol. The van der Waals surface area contributed by atoms with E-state index < -0.39 is 24.6 Å². The lowest BCUT2D eigenvalue weighted by Crippen LogP contribution is -2.35. The molecule has 0 rings (SSSR count). The Labute approximate surface area is 77.0 Å². The van der Waals surface area contributed by atoms with Gasteiger partial charge in [0.25, 0.3) is 0 Å². The molecule has 5 heteroatoms. The molecule has 13 heavy (non-hydrogen) atoms. The van der Waals surface area contributed by atoms with Gasteiger partial charge in [-0.25, -0.2) is 0 Å². The van der Waals surface area contributed by atoms with Crippen LogP contribution in [0.2, 0.25) is 0 Å². The van der Waals surface area contributed by atoms with Crippen LogP contribution >= 0.6 is 0 Å². The fraction of sp³-hybridized carbons (Fsp3) is 0.750. The maximum Gasteiger partial charge on any atom is 0.314 e. The van der Waals surface area contributed by atoms with Crippen LogP contribution in [0.25, 0.3) is 0 Å². The predicted molar refractivity (Wildman–Crippen MR) is 46.3 cm³/mol. The van der Waals surface area contributed by atoms with Crippen molar-refractivity contribution in [1.82, 2.24) is 0 Å². The van der Waals surface area contributed by atoms with Gasteiger partial charge in [-0.05, 0) is 20.8 Å². The Balaban J connectivity index is 0. The van der Waals surface area contributed by atoms with Gasteiger partial charge in [0.2, 0.25) is 0 Å². The smallest absolute Gasteiger partial charge is 0.314 e. The van der Waals surface area contributed by atoms with Gasteiger partial charge in [-0.3, -0.25) is 4.79 Å². The summed E-state index contributed by atoms with van der Waals surface area (Å²) >= 11 is 0. The van der Waals surface area contributed by atoms with E-state index in [0.717, 1.165) is 0 Å². The molecule has 0 aromatic carbocycles. The summed E-state index contributed by atoms with van der Waals surface area (Å²) in [5.41, 5.74) is -1.39. The van der Waals surface area contributed by atoms with Crippen LogP contribution in [-0.4, -0.2) is 40.3 Å². The molecule has 0 atom stereocenters. The van der Waals surface area contributed by atoms with Crippen LogP contribution in [0.3, 0.4) is 0 Å². The highest BCUT2D eigenvalue weighted by atomic mass is 16.4. The largest absolute Gasteiger partial charge is 0.481 e. The molecular formula is C8H16O5. The Morgan fingerprint density at radius 2 is 1.38 bits per heavy atom. The average molecular weight is 192 g/mol. The minimum absolute atomic E-state index is 0.167. The van der Waals surface area contributed by atoms with E-state index in [1.807, 2.05) is 0 Å². The third-order valence-corrected chi connectivity index (χ3v) is 1.21. The van der Waals surface area contributed by atoms with Crippen LogP contribution in [0.15, 0.2) is 0 Å². The molecule has 0 aliphatic carbocycles. The van der Waals surface area contributed by atoms with Gasteiger partial charge < -0.3 is 20.1 Å². The zero-order chi connectivity index (χ0) is 11.1. The van der Waals surface area contributed by atoms with Crippen LogP contribution in [0, 0.1) is 5.41 Å². The minimum atomic E-state index is -1.39. The number of carboxylic acids is 1. The molecule has 0 aliphatic heterocycles. The Morgan fingerprint density at radius 3 is 1.38 bits per heavy atom. The summed E-state index contributed by atoms with van der Waals surface area (Å²) in [6.45, 7) is 3.24. The third kappa shape index (κ3) is 7.42. The molecule has 0 saturated heterocycles. The topological polar surface area (TPSA) is 94.8 Å². The van der Waals surface area contributed by atoms with Crippen molar-refractivity contribution in [1.29, 1.82) is 0 Å². The molecule has 78 valence electrons. The van der Waals surface area contributed by atoms with E-state index in [4.69, 9.17) is 15.3 Å². The van der Waals surface area contributed by atoms with E-state index in [1.165, 1.54) is 20.8 Å². The minimum Gasteiger partial charge on any atom is -0.481 e. The number of carbonyl (C=O) groups excluding carboxylic acids is 1. The highest BCUT2D eigenvalue weighted by molar-refractivity contribution is 5.74. The van der Waals surface area contributed by atoms with Gasteiger partial charge in [-0.2, -0.15) is 0 Å². The van der Waals surface area contributed by atoms with E-state index in [0.29, 0.717) is 0 Å². The van der Waals surface area contributed by atoms with E-state index in [9.17, 15) is 9.59 Å². The lowest BCUT2D eigenvalue weighted by atomic mass is 9.94. The van der Waals surface area contributed by atoms with Gasteiger partial charge in [-0.1, -0.05) is 0 Å². The van der Waals surface area contributed by atoms with Gasteiger partial charge in [0.1, 0.15) is 11.2 Å². The standard InChI is InChI=1S/C5H10O4.C3H6O/c1-5(2-6,3-7)4(8)9;1-3(2)4/h6-7H,2-3H2,1H3,(H,8,9);1-2H3. The Kier molecular flexibility index (Phi) is 7.36. The number of hydrogen-bond donors (Lipinski definition) is 3. The second-order valence-corrected chi connectivity index (χ2v) is 3.09. The number of aliphatic hydroxyl groups excluding tert-OH is 2. The van der Waals surface area contributed by atoms with Gasteiger partial charge in [0.05, 0.1) is 13.2 Å². The number of aliphatic carboxylic acids is 1. The van der Waals surface area contributed by atoms with Crippen LogP contribution in [0.4, 0.5) is 0 Å². The normalized spacial score (nSPS) is 9.92. The highest BCUT2D eigenvalue weighted by Gasteiger charge is 2.31. The Hall–Kier alpha value is -0.940. The number of ketones is 1. The van der Waals surface area contributed by atoms with Gasteiger partial charge >= 0.3 is 5.97 Å². The van der Waals surface area contributed by atoms with Gasteiger partial charge in [0, 0.05) is 0 Å². The molecule has 0 aromatic rings. The molecule has 0 spiro atoms. The third-order valence-electron chi connectivity index (χ3n) is 1.21. The molecule has 0 heterocycles. The zero-order valence-corrected chi connectivity index (χ0v) is 8.07. The molecule has 0 saturated carbocycles. The van der Waals surface area contributed by atoms with Crippen molar-refractivity contribution in [3.8, 4) is 0 Å². The van der Waals surface area contributed by atoms with E-state index in [-0.39, 0.29) is 5.78 Å². The van der Waals surface area contributed by atoms with Crippen molar-refractivity contribution >= 4 is 11.8 Å². The van der Waals surface area contributed by atoms with E-state index >= 15 is 0 Å². The van der Waals surface area contributed by atoms with Gasteiger partial charge in [-0.15, -0.1) is 0 Å². The van der Waals surface area contributed by atoms with Crippen molar-refractivity contribution in [3.05, 3.63) is 0 Å². The SMILES string of the molecule is CC(C)=O.CC(CO)(CO)C(=O)O. The molecule has 0 radical (unpaired) electrons. The quantitative estimate of drug-likeness (QED) is 0.568. The fourth-order valence-corrected chi connectivity index (χ4v) is 0.185. The number of Topliss-reactive ketones (excluding diaryl/α,β-unsaturated/α-hetero) is 1. The lowest BCUT2D eigenvalue weighted by Gasteiger charge is -2.17. The van der Waals surface area contributed by atoms with E-state index in [1.54, 1.807) is 0 Å². The van der Waals surface area contributed by atoms with Crippen LogP contribution in [0.5, 0.6) is 0 Å². The fourth-order valence-electron chi connectivity index (χ4n) is 0.185. The first kappa shape index (κ1) is 14.6. The van der Waals surface area contributed by atoms with Crippen molar-refractivity contribution in [2.45, 2.75) is 20.8 Å². The summed E-state index contributed by atoms with van der Waals surface area (Å²) in [6.07, 6.45) is 0. The Morgan fingerprint density at radius 1 is 1.15 bits per heavy atom. The molecule has 0 bridgehead atoms. The molecule has 5 nitrogen and oxygen atoms in total. The van der Waals surface area contributed by atoms with Crippen LogP contribution < -0.4 is 0 Å². The van der Waals surface area contributed by atoms with Crippen molar-refractivity contribution < 1.29 is 24.9 Å². The number of carbonyl (C=O) groups is 2. The van der Waals surface area contributed by atoms with Crippen LogP contribution in [-0.2, 0) is 9.59 Å². The average Bonchev–Trinajstić information content (AvgIpc) is 2.01. The molecule has 3 N–H and O–H groups in total. The zero-order valence-electron chi connectivity index (χ0n) is 8.07. The number of rotatable bonds is 3. The molecule has 0 aliphatic rings. The predicted octanol–water partition coefficient (Wildman–Crippen LogP) is -0.343. The maximum atomic E-state index is 10.2. The first-order valence-corrected chi connectivity index (χ1v) is 3.72. The summed E-state index contributed by atoms with van der Waals surface area (Å²) < 4.78 is 0. The lowest BCUT2D eigenvalue weighted by molar-refractivity contribution is -0.152. The molecule has 0 amide bonds. The summed E-state index contributed by atoms with van der Waals surface area (Å²) in [7, 11) is 0. The molecule has 0 fully saturated rings. The number of aliphatic hydroxyl groups is 2. The second-order valence-electron chi connectivity index (χ2n) is 3.09. The van der Waals surface area contributed by atoms with Gasteiger partial charge in [0.15, 0.2) is 0 Å². The summed E-state index contributed by atoms with van der Waals surface area (Å²) in [5, 5.41) is 25.1. The first-order valence-electron chi connectivity index (χ1n) is 3.72. The highest BCUT2D eigenvalue weighted by Crippen LogP contribution is 2.12. The van der Waals surface area contributed by atoms with E-state index in [2.05, 4.69) is 0 Å². The molecule has 0 aromatic heterocycles. The number of hydrogen-bond acceptors (Lipinski definition) is 4. The Bertz CT molecular complexity index is 167. The maximum absolute atomic E-state index is 10.2. The molecular weight excluding hydrogens is 176 g/mol. The van der Waals surface area contributed by atoms with Crippen molar-refractivity contribution in [3.63, 3.8) is 0 Å². The number of carboxylic acid groups (broad SMARTS) is 1. The van der Waals surface area contributed by atoms with Crippen LogP contribution in [0.1, 0.15) is 20.8 Å². The molecule has 0 unspecified atom stereocenters. The van der Waals surface area contributed by atoms with Crippen molar-refractivity contribution in [2.75, 3.05) is 13.2 Å². The summed E-state index contributed by atoms with van der Waals surface area (Å²) in [4.78, 5) is 19.6. The second kappa shape index (κ2) is 6.56. The summed E-state index contributed by atoms with van der Waals surface area (Å²) in [6, 6.07) is 0. The summed E-state index contributed by atoms with van der Waals surface area (Å²) in [5.74, 6) is -1.02.